The van der Waals surface area contributed by atoms with Gasteiger partial charge in [0.25, 0.3) is 0 Å². The highest BCUT2D eigenvalue weighted by molar-refractivity contribution is 9.09. The molecule has 108 valence electrons. The summed E-state index contributed by atoms with van der Waals surface area (Å²) in [6.07, 6.45) is 2.18. The van der Waals surface area contributed by atoms with Crippen LogP contribution in [0.1, 0.15) is 40.0 Å². The van der Waals surface area contributed by atoms with E-state index in [0.29, 0.717) is 12.3 Å². The van der Waals surface area contributed by atoms with Crippen molar-refractivity contribution in [1.29, 1.82) is 0 Å². The molecule has 3 aliphatic rings. The molecule has 3 rings (SSSR count). The maximum Gasteiger partial charge on any atom is 0.104 e. The molecule has 0 bridgehead atoms. The third kappa shape index (κ3) is 1.68. The molecule has 0 aromatic rings. The lowest BCUT2D eigenvalue weighted by atomic mass is 9.52. The fourth-order valence-corrected chi connectivity index (χ4v) is 5.26. The van der Waals surface area contributed by atoms with Gasteiger partial charge in [-0.1, -0.05) is 35.0 Å². The molecular weight excluding hydrogens is 328 g/mol. The molecule has 4 heteroatoms. The van der Waals surface area contributed by atoms with Crippen molar-refractivity contribution >= 4 is 27.5 Å². The molecule has 0 radical (unpaired) electrons. The summed E-state index contributed by atoms with van der Waals surface area (Å²) in [5.74, 6) is 0.398. The van der Waals surface area contributed by atoms with Crippen LogP contribution < -0.4 is 0 Å². The van der Waals surface area contributed by atoms with Gasteiger partial charge in [-0.15, -0.1) is 11.6 Å². The van der Waals surface area contributed by atoms with Gasteiger partial charge in [0, 0.05) is 10.2 Å². The van der Waals surface area contributed by atoms with Crippen LogP contribution in [0.3, 0.4) is 0 Å². The lowest BCUT2D eigenvalue weighted by Gasteiger charge is -2.54. The Kier molecular flexibility index (Phi) is 3.02. The third-order valence-electron chi connectivity index (χ3n) is 5.88. The van der Waals surface area contributed by atoms with Crippen LogP contribution in [0.2, 0.25) is 0 Å². The lowest BCUT2D eigenvalue weighted by molar-refractivity contribution is -0.0487. The molecule has 0 aromatic carbocycles. The number of hydrogen-bond acceptors (Lipinski definition) is 2. The van der Waals surface area contributed by atoms with Crippen molar-refractivity contribution < 1.29 is 9.84 Å². The Morgan fingerprint density at radius 3 is 2.68 bits per heavy atom. The predicted molar refractivity (Wildman–Crippen MR) is 80.8 cm³/mol. The summed E-state index contributed by atoms with van der Waals surface area (Å²) in [7, 11) is 0. The Bertz CT molecular complexity index is 438. The van der Waals surface area contributed by atoms with Crippen molar-refractivity contribution in [2.24, 2.45) is 11.3 Å². The zero-order chi connectivity index (χ0) is 14.2. The van der Waals surface area contributed by atoms with Crippen LogP contribution in [0.15, 0.2) is 12.2 Å². The average Bonchev–Trinajstić information content (AvgIpc) is 2.94. The molecule has 3 fully saturated rings. The number of ether oxygens (including phenoxy) is 1. The molecule has 3 unspecified atom stereocenters. The third-order valence-corrected chi connectivity index (χ3v) is 7.90. The zero-order valence-corrected chi connectivity index (χ0v) is 14.1. The standard InChI is InChI=1S/C15H22BrClO2/c1-8-5-12-14(4,19-12)15(9(8)2)6-10(16)13(3,17)7-11(15)18/h8,10-12,18H,2,5-7H2,1,3-4H3/t8-,10?,11?,12+,13?,14+,15+/m0/s1. The number of rotatable bonds is 0. The highest BCUT2D eigenvalue weighted by Gasteiger charge is 2.74. The van der Waals surface area contributed by atoms with Crippen LogP contribution in [0.5, 0.6) is 0 Å². The van der Waals surface area contributed by atoms with Crippen LogP contribution >= 0.6 is 27.5 Å². The summed E-state index contributed by atoms with van der Waals surface area (Å²) in [4.78, 5) is -0.249. The fourth-order valence-electron chi connectivity index (χ4n) is 4.34. The Morgan fingerprint density at radius 2 is 2.05 bits per heavy atom. The minimum absolute atomic E-state index is 0.161. The Labute approximate surface area is 128 Å². The Morgan fingerprint density at radius 1 is 1.42 bits per heavy atom. The molecule has 1 spiro atoms. The SMILES string of the molecule is C=C1[C@@H](C)C[C@H]2O[C@@]2(C)[C@]12CC(Br)C(C)(Cl)CC2O. The molecule has 1 aliphatic heterocycles. The van der Waals surface area contributed by atoms with Crippen LogP contribution in [0, 0.1) is 11.3 Å². The van der Waals surface area contributed by atoms with E-state index in [1.807, 2.05) is 6.92 Å². The zero-order valence-electron chi connectivity index (χ0n) is 11.7. The number of alkyl halides is 2. The topological polar surface area (TPSA) is 32.8 Å². The van der Waals surface area contributed by atoms with Gasteiger partial charge in [0.2, 0.25) is 0 Å². The average molecular weight is 350 g/mol. The van der Waals surface area contributed by atoms with Gasteiger partial charge in [-0.05, 0) is 39.0 Å². The van der Waals surface area contributed by atoms with Crippen LogP contribution in [-0.4, -0.2) is 32.6 Å². The molecule has 19 heavy (non-hydrogen) atoms. The van der Waals surface area contributed by atoms with E-state index in [1.165, 1.54) is 0 Å². The van der Waals surface area contributed by atoms with Crippen molar-refractivity contribution in [2.45, 2.75) is 67.5 Å². The van der Waals surface area contributed by atoms with Gasteiger partial charge in [-0.2, -0.15) is 0 Å². The van der Waals surface area contributed by atoms with Gasteiger partial charge in [0.05, 0.1) is 17.1 Å². The highest BCUT2D eigenvalue weighted by Crippen LogP contribution is 2.68. The molecule has 0 aromatic heterocycles. The summed E-state index contributed by atoms with van der Waals surface area (Å²) in [5.41, 5.74) is 0.542. The minimum Gasteiger partial charge on any atom is -0.392 e. The van der Waals surface area contributed by atoms with Crippen molar-refractivity contribution in [2.75, 3.05) is 0 Å². The van der Waals surface area contributed by atoms with E-state index in [0.717, 1.165) is 18.4 Å². The van der Waals surface area contributed by atoms with E-state index in [2.05, 4.69) is 36.4 Å². The van der Waals surface area contributed by atoms with E-state index in [1.54, 1.807) is 0 Å². The first-order valence-corrected chi connectivity index (χ1v) is 8.32. The molecule has 1 N–H and O–H groups in total. The molecule has 2 nitrogen and oxygen atoms in total. The van der Waals surface area contributed by atoms with Crippen molar-refractivity contribution in [1.82, 2.24) is 0 Å². The molecule has 0 amide bonds. The second-order valence-electron chi connectivity index (χ2n) is 7.02. The summed E-state index contributed by atoms with van der Waals surface area (Å²) in [5, 5.41) is 10.8. The van der Waals surface area contributed by atoms with Gasteiger partial charge < -0.3 is 9.84 Å². The predicted octanol–water partition coefficient (Wildman–Crippen LogP) is 3.64. The van der Waals surface area contributed by atoms with Crippen molar-refractivity contribution in [3.63, 3.8) is 0 Å². The second kappa shape index (κ2) is 4.00. The molecule has 2 saturated carbocycles. The Hall–Kier alpha value is 0.430. The Balaban J connectivity index is 2.04. The monoisotopic (exact) mass is 348 g/mol. The summed E-state index contributed by atoms with van der Waals surface area (Å²) in [6, 6.07) is 0. The largest absolute Gasteiger partial charge is 0.392 e. The minimum atomic E-state index is -0.478. The number of aliphatic hydroxyl groups excluding tert-OH is 1. The number of fused-ring (bicyclic) bond motifs is 2. The van der Waals surface area contributed by atoms with Crippen LogP contribution in [0.25, 0.3) is 0 Å². The maximum absolute atomic E-state index is 10.8. The van der Waals surface area contributed by atoms with Crippen LogP contribution in [-0.2, 0) is 4.74 Å². The molecule has 7 atom stereocenters. The van der Waals surface area contributed by atoms with E-state index >= 15 is 0 Å². The fraction of sp³-hybridized carbons (Fsp3) is 0.867. The first-order chi connectivity index (χ1) is 8.65. The molecular formula is C15H22BrClO2. The van der Waals surface area contributed by atoms with Crippen molar-refractivity contribution in [3.8, 4) is 0 Å². The van der Waals surface area contributed by atoms with E-state index in [-0.39, 0.29) is 21.9 Å². The van der Waals surface area contributed by atoms with Gasteiger partial charge in [-0.25, -0.2) is 0 Å². The molecule has 1 heterocycles. The van der Waals surface area contributed by atoms with E-state index < -0.39 is 11.0 Å². The normalized spacial score (nSPS) is 61.1. The van der Waals surface area contributed by atoms with E-state index in [9.17, 15) is 5.11 Å². The van der Waals surface area contributed by atoms with Crippen molar-refractivity contribution in [3.05, 3.63) is 12.2 Å². The number of halogens is 2. The summed E-state index contributed by atoms with van der Waals surface area (Å²) >= 11 is 10.3. The first-order valence-electron chi connectivity index (χ1n) is 7.03. The van der Waals surface area contributed by atoms with Crippen LogP contribution in [0.4, 0.5) is 0 Å². The smallest absolute Gasteiger partial charge is 0.104 e. The summed E-state index contributed by atoms with van der Waals surface area (Å²) in [6.45, 7) is 10.6. The number of epoxide rings is 1. The highest BCUT2D eigenvalue weighted by atomic mass is 79.9. The van der Waals surface area contributed by atoms with E-state index in [4.69, 9.17) is 16.3 Å². The quantitative estimate of drug-likeness (QED) is 0.411. The number of aliphatic hydroxyl groups is 1. The maximum atomic E-state index is 10.8. The molecule has 1 saturated heterocycles. The lowest BCUT2D eigenvalue weighted by Crippen LogP contribution is -2.60. The van der Waals surface area contributed by atoms with Gasteiger partial charge in [0.1, 0.15) is 5.60 Å². The second-order valence-corrected chi connectivity index (χ2v) is 8.99. The first kappa shape index (κ1) is 14.4. The molecule has 2 aliphatic carbocycles. The van der Waals surface area contributed by atoms with Gasteiger partial charge in [-0.3, -0.25) is 0 Å². The number of hydrogen-bond donors (Lipinski definition) is 1. The van der Waals surface area contributed by atoms with Gasteiger partial charge in [0.15, 0.2) is 0 Å². The summed E-state index contributed by atoms with van der Waals surface area (Å²) < 4.78 is 6.00. The van der Waals surface area contributed by atoms with Gasteiger partial charge >= 0.3 is 0 Å².